The zero-order chi connectivity index (χ0) is 21.1. The highest BCUT2D eigenvalue weighted by atomic mass is 16.6. The Bertz CT molecular complexity index is 735. The van der Waals surface area contributed by atoms with Gasteiger partial charge in [0.25, 0.3) is 0 Å². The van der Waals surface area contributed by atoms with Gasteiger partial charge in [-0.3, -0.25) is 4.79 Å². The van der Waals surface area contributed by atoms with E-state index in [-0.39, 0.29) is 23.5 Å². The number of oxime groups is 1. The molecule has 0 aromatic rings. The van der Waals surface area contributed by atoms with Crippen LogP contribution in [0.2, 0.25) is 0 Å². The molecule has 5 fully saturated rings. The topological polar surface area (TPSA) is 91.2 Å². The van der Waals surface area contributed by atoms with Gasteiger partial charge in [0.05, 0.1) is 12.3 Å². The summed E-state index contributed by atoms with van der Waals surface area (Å²) in [6, 6.07) is 0. The highest BCUT2D eigenvalue weighted by molar-refractivity contribution is 5.93. The maximum atomic E-state index is 12.6. The van der Waals surface area contributed by atoms with Gasteiger partial charge in [-0.1, -0.05) is 19.0 Å². The minimum absolute atomic E-state index is 0.0265. The molecule has 5 rings (SSSR count). The van der Waals surface area contributed by atoms with Crippen molar-refractivity contribution < 1.29 is 19.8 Å². The van der Waals surface area contributed by atoms with Crippen LogP contribution in [0.15, 0.2) is 5.16 Å². The molecule has 6 heteroatoms. The number of hydrogen-bond donors (Lipinski definition) is 3. The summed E-state index contributed by atoms with van der Waals surface area (Å²) >= 11 is 0. The Morgan fingerprint density at radius 3 is 2.73 bits per heavy atom. The number of rotatable bonds is 3. The first-order valence-corrected chi connectivity index (χ1v) is 12.1. The predicted octanol–water partition coefficient (Wildman–Crippen LogP) is 2.67. The number of fused-ring (bicyclic) bond motifs is 5. The van der Waals surface area contributed by atoms with Crippen LogP contribution >= 0.6 is 0 Å². The molecule has 3 N–H and O–H groups in total. The molecule has 30 heavy (non-hydrogen) atoms. The lowest BCUT2D eigenvalue weighted by atomic mass is 9.44. The maximum Gasteiger partial charge on any atom is 0.141 e. The Morgan fingerprint density at radius 2 is 2.00 bits per heavy atom. The van der Waals surface area contributed by atoms with E-state index < -0.39 is 5.60 Å². The van der Waals surface area contributed by atoms with Crippen molar-refractivity contribution in [1.82, 2.24) is 5.32 Å². The molecule has 1 heterocycles. The minimum Gasteiger partial charge on any atom is -0.393 e. The van der Waals surface area contributed by atoms with Crippen molar-refractivity contribution in [1.29, 1.82) is 0 Å². The van der Waals surface area contributed by atoms with E-state index in [4.69, 9.17) is 4.84 Å². The summed E-state index contributed by atoms with van der Waals surface area (Å²) in [5.74, 6) is 2.51. The molecule has 5 aliphatic rings. The Kier molecular flexibility index (Phi) is 5.07. The number of carbonyl (C=O) groups excluding carboxylic acids is 1. The molecule has 0 spiro atoms. The highest BCUT2D eigenvalue weighted by Crippen LogP contribution is 2.66. The fraction of sp³-hybridized carbons (Fsp3) is 0.917. The standard InChI is InChI=1S/C24H38N2O4/c1-22-9-7-19-17(18(22)5-6-21(22)28)4-3-15-11-20(26-30-16-8-10-25-12-16)24(29,14-27)13-23(15,19)2/h15-19,25,27,29H,3-14H2,1-2H3/t15?,16-,17-,18-,19-,22-,23-,24?/m0/s1. The van der Waals surface area contributed by atoms with Crippen LogP contribution in [-0.4, -0.2) is 53.1 Å². The summed E-state index contributed by atoms with van der Waals surface area (Å²) in [4.78, 5) is 18.4. The van der Waals surface area contributed by atoms with Crippen LogP contribution in [0, 0.1) is 34.5 Å². The number of hydrogen-bond acceptors (Lipinski definition) is 6. The maximum absolute atomic E-state index is 12.6. The monoisotopic (exact) mass is 418 g/mol. The van der Waals surface area contributed by atoms with Crippen LogP contribution in [0.5, 0.6) is 0 Å². The van der Waals surface area contributed by atoms with Gasteiger partial charge in [-0.2, -0.15) is 0 Å². The van der Waals surface area contributed by atoms with Gasteiger partial charge in [0.15, 0.2) is 0 Å². The van der Waals surface area contributed by atoms with Crippen LogP contribution in [0.25, 0.3) is 0 Å². The second kappa shape index (κ2) is 7.28. The molecule has 8 atom stereocenters. The number of ketones is 1. The number of nitrogens with zero attached hydrogens (tertiary/aromatic N) is 1. The molecule has 4 saturated carbocycles. The third kappa shape index (κ3) is 3.01. The van der Waals surface area contributed by atoms with Gasteiger partial charge in [0.1, 0.15) is 17.5 Å². The summed E-state index contributed by atoms with van der Waals surface area (Å²) in [7, 11) is 0. The zero-order valence-electron chi connectivity index (χ0n) is 18.5. The van der Waals surface area contributed by atoms with E-state index in [9.17, 15) is 15.0 Å². The van der Waals surface area contributed by atoms with Gasteiger partial charge in [-0.25, -0.2) is 0 Å². The summed E-state index contributed by atoms with van der Waals surface area (Å²) in [6.45, 7) is 5.97. The molecule has 2 unspecified atom stereocenters. The first-order valence-electron chi connectivity index (χ1n) is 12.1. The average Bonchev–Trinajstić information content (AvgIpc) is 3.34. The Labute approximate surface area is 179 Å². The third-order valence-corrected chi connectivity index (χ3v) is 10.0. The van der Waals surface area contributed by atoms with Crippen LogP contribution < -0.4 is 5.32 Å². The molecular weight excluding hydrogens is 380 g/mol. The highest BCUT2D eigenvalue weighted by Gasteiger charge is 2.62. The third-order valence-electron chi connectivity index (χ3n) is 10.0. The van der Waals surface area contributed by atoms with Gasteiger partial charge >= 0.3 is 0 Å². The van der Waals surface area contributed by atoms with E-state index >= 15 is 0 Å². The molecule has 4 aliphatic carbocycles. The predicted molar refractivity (Wildman–Crippen MR) is 114 cm³/mol. The van der Waals surface area contributed by atoms with Crippen molar-refractivity contribution in [2.75, 3.05) is 19.7 Å². The number of aliphatic hydroxyl groups is 2. The Morgan fingerprint density at radius 1 is 1.17 bits per heavy atom. The van der Waals surface area contributed by atoms with Crippen molar-refractivity contribution in [2.24, 2.45) is 39.7 Å². The smallest absolute Gasteiger partial charge is 0.141 e. The molecule has 1 saturated heterocycles. The number of aliphatic hydroxyl groups excluding tert-OH is 1. The first kappa shape index (κ1) is 20.9. The summed E-state index contributed by atoms with van der Waals surface area (Å²) in [5, 5.41) is 29.3. The van der Waals surface area contributed by atoms with Gasteiger partial charge in [-0.15, -0.1) is 0 Å². The largest absolute Gasteiger partial charge is 0.393 e. The number of nitrogens with one attached hydrogen (secondary N) is 1. The summed E-state index contributed by atoms with van der Waals surface area (Å²) < 4.78 is 0. The van der Waals surface area contributed by atoms with Crippen LogP contribution in [0.1, 0.15) is 71.6 Å². The molecular formula is C24H38N2O4. The second-order valence-electron chi connectivity index (χ2n) is 11.4. The number of carbonyl (C=O) groups is 1. The Hall–Kier alpha value is -0.980. The molecule has 6 nitrogen and oxygen atoms in total. The molecule has 0 amide bonds. The van der Waals surface area contributed by atoms with Crippen molar-refractivity contribution >= 4 is 11.5 Å². The SMILES string of the molecule is C[C@]12CC(O)(CO)C(=NO[C@H]3CCNC3)CC1CC[C@@H]1[C@@H]2CC[C@]2(C)C(=O)CC[C@@H]12. The van der Waals surface area contributed by atoms with Crippen molar-refractivity contribution in [2.45, 2.75) is 83.3 Å². The lowest BCUT2D eigenvalue weighted by Crippen LogP contribution is -2.60. The first-order chi connectivity index (χ1) is 14.3. The molecule has 0 aromatic heterocycles. The normalized spacial score (nSPS) is 52.1. The zero-order valence-corrected chi connectivity index (χ0v) is 18.5. The minimum atomic E-state index is -1.30. The van der Waals surface area contributed by atoms with Crippen molar-refractivity contribution in [3.05, 3.63) is 0 Å². The molecule has 0 radical (unpaired) electrons. The molecule has 1 aliphatic heterocycles. The molecule has 0 bridgehead atoms. The lowest BCUT2D eigenvalue weighted by Gasteiger charge is -2.61. The van der Waals surface area contributed by atoms with Crippen molar-refractivity contribution in [3.63, 3.8) is 0 Å². The number of Topliss-reactive ketones (excluding diaryl/α,β-unsaturated/α-hetero) is 1. The van der Waals surface area contributed by atoms with Gasteiger partial charge in [0.2, 0.25) is 0 Å². The van der Waals surface area contributed by atoms with Gasteiger partial charge < -0.3 is 20.4 Å². The summed E-state index contributed by atoms with van der Waals surface area (Å²) in [5.41, 5.74) is -0.816. The molecule has 0 aromatic carbocycles. The quantitative estimate of drug-likeness (QED) is 0.613. The lowest BCUT2D eigenvalue weighted by molar-refractivity contribution is -0.145. The van der Waals surface area contributed by atoms with E-state index in [2.05, 4.69) is 24.3 Å². The van der Waals surface area contributed by atoms with E-state index in [0.29, 0.717) is 48.0 Å². The fourth-order valence-corrected chi connectivity index (χ4v) is 8.20. The van der Waals surface area contributed by atoms with E-state index in [1.807, 2.05) is 0 Å². The summed E-state index contributed by atoms with van der Waals surface area (Å²) in [6.07, 6.45) is 8.36. The average molecular weight is 419 g/mol. The van der Waals surface area contributed by atoms with Crippen LogP contribution in [-0.2, 0) is 9.63 Å². The van der Waals surface area contributed by atoms with E-state index in [1.165, 1.54) is 6.42 Å². The second-order valence-corrected chi connectivity index (χ2v) is 11.4. The van der Waals surface area contributed by atoms with E-state index in [1.54, 1.807) is 0 Å². The fourth-order valence-electron chi connectivity index (χ4n) is 8.20. The van der Waals surface area contributed by atoms with Crippen LogP contribution in [0.4, 0.5) is 0 Å². The Balaban J connectivity index is 1.40. The van der Waals surface area contributed by atoms with Crippen molar-refractivity contribution in [3.8, 4) is 0 Å². The van der Waals surface area contributed by atoms with E-state index in [0.717, 1.165) is 51.6 Å². The van der Waals surface area contributed by atoms with Gasteiger partial charge in [-0.05, 0) is 80.6 Å². The molecule has 168 valence electrons. The van der Waals surface area contributed by atoms with Gasteiger partial charge in [0, 0.05) is 24.8 Å². The van der Waals surface area contributed by atoms with Crippen LogP contribution in [0.3, 0.4) is 0 Å².